The summed E-state index contributed by atoms with van der Waals surface area (Å²) in [4.78, 5) is 24.1. The summed E-state index contributed by atoms with van der Waals surface area (Å²) >= 11 is 0. The highest BCUT2D eigenvalue weighted by molar-refractivity contribution is 5.96. The molecular formula is C20H24N2O3. The summed E-state index contributed by atoms with van der Waals surface area (Å²) in [6, 6.07) is 12.8. The van der Waals surface area contributed by atoms with Crippen LogP contribution >= 0.6 is 0 Å². The third-order valence-electron chi connectivity index (χ3n) is 3.91. The highest BCUT2D eigenvalue weighted by atomic mass is 16.3. The molecule has 0 unspecified atom stereocenters. The van der Waals surface area contributed by atoms with Gasteiger partial charge in [0.2, 0.25) is 5.91 Å². The van der Waals surface area contributed by atoms with E-state index in [1.165, 1.54) is 0 Å². The number of anilines is 1. The van der Waals surface area contributed by atoms with Gasteiger partial charge in [-0.3, -0.25) is 9.59 Å². The highest BCUT2D eigenvalue weighted by Crippen LogP contribution is 2.14. The number of benzene rings is 2. The Morgan fingerprint density at radius 3 is 2.44 bits per heavy atom. The Balaban J connectivity index is 1.93. The first-order valence-electron chi connectivity index (χ1n) is 8.34. The van der Waals surface area contributed by atoms with Crippen molar-refractivity contribution in [2.24, 2.45) is 0 Å². The Morgan fingerprint density at radius 1 is 1.04 bits per heavy atom. The van der Waals surface area contributed by atoms with Crippen LogP contribution in [0.2, 0.25) is 0 Å². The zero-order chi connectivity index (χ0) is 18.2. The van der Waals surface area contributed by atoms with Gasteiger partial charge in [-0.25, -0.2) is 0 Å². The Hall–Kier alpha value is -2.66. The monoisotopic (exact) mass is 340 g/mol. The first-order valence-corrected chi connectivity index (χ1v) is 8.34. The number of hydrogen-bond acceptors (Lipinski definition) is 3. The van der Waals surface area contributed by atoms with Crippen LogP contribution in [0.3, 0.4) is 0 Å². The van der Waals surface area contributed by atoms with E-state index in [-0.39, 0.29) is 18.4 Å². The van der Waals surface area contributed by atoms with Crippen LogP contribution in [0.5, 0.6) is 0 Å². The lowest BCUT2D eigenvalue weighted by Gasteiger charge is -2.09. The predicted molar refractivity (Wildman–Crippen MR) is 98.7 cm³/mol. The smallest absolute Gasteiger partial charge is 0.251 e. The molecule has 25 heavy (non-hydrogen) atoms. The number of carbonyl (C=O) groups is 2. The van der Waals surface area contributed by atoms with Gasteiger partial charge in [0.25, 0.3) is 5.91 Å². The molecule has 3 N–H and O–H groups in total. The lowest BCUT2D eigenvalue weighted by Crippen LogP contribution is -2.25. The van der Waals surface area contributed by atoms with Crippen LogP contribution in [0.1, 0.15) is 33.5 Å². The van der Waals surface area contributed by atoms with E-state index in [9.17, 15) is 9.59 Å². The second kappa shape index (κ2) is 8.99. The Bertz CT molecular complexity index is 739. The summed E-state index contributed by atoms with van der Waals surface area (Å²) in [5, 5.41) is 14.3. The van der Waals surface area contributed by atoms with Crippen LogP contribution in [0.25, 0.3) is 0 Å². The van der Waals surface area contributed by atoms with Gasteiger partial charge < -0.3 is 15.7 Å². The van der Waals surface area contributed by atoms with Gasteiger partial charge in [-0.15, -0.1) is 0 Å². The summed E-state index contributed by atoms with van der Waals surface area (Å²) in [6.45, 7) is 4.48. The molecule has 2 amide bonds. The van der Waals surface area contributed by atoms with Gasteiger partial charge in [0, 0.05) is 24.4 Å². The third kappa shape index (κ3) is 5.72. The van der Waals surface area contributed by atoms with Crippen LogP contribution in [-0.2, 0) is 11.2 Å². The summed E-state index contributed by atoms with van der Waals surface area (Å²) in [5.74, 6) is -0.282. The van der Waals surface area contributed by atoms with Crippen molar-refractivity contribution in [3.8, 4) is 0 Å². The summed E-state index contributed by atoms with van der Waals surface area (Å²) in [5.41, 5.74) is 4.41. The fourth-order valence-electron chi connectivity index (χ4n) is 2.46. The Labute approximate surface area is 148 Å². The van der Waals surface area contributed by atoms with E-state index in [4.69, 9.17) is 5.11 Å². The van der Waals surface area contributed by atoms with Gasteiger partial charge in [-0.2, -0.15) is 0 Å². The van der Waals surface area contributed by atoms with Crippen LogP contribution in [0, 0.1) is 13.8 Å². The van der Waals surface area contributed by atoms with Crippen molar-refractivity contribution in [1.82, 2.24) is 5.32 Å². The molecule has 2 aromatic carbocycles. The van der Waals surface area contributed by atoms with Crippen molar-refractivity contribution in [2.45, 2.75) is 26.7 Å². The molecule has 0 spiro atoms. The summed E-state index contributed by atoms with van der Waals surface area (Å²) in [6.07, 6.45) is 0.842. The van der Waals surface area contributed by atoms with E-state index in [1.54, 1.807) is 24.3 Å². The minimum absolute atomic E-state index is 0.0473. The molecule has 0 bridgehead atoms. The molecule has 0 radical (unpaired) electrons. The van der Waals surface area contributed by atoms with E-state index < -0.39 is 0 Å². The molecule has 5 heteroatoms. The zero-order valence-electron chi connectivity index (χ0n) is 14.6. The van der Waals surface area contributed by atoms with Crippen molar-refractivity contribution >= 4 is 17.5 Å². The maximum atomic E-state index is 12.2. The van der Waals surface area contributed by atoms with E-state index >= 15 is 0 Å². The van der Waals surface area contributed by atoms with Crippen molar-refractivity contribution in [1.29, 1.82) is 0 Å². The molecule has 0 heterocycles. The maximum absolute atomic E-state index is 12.2. The molecule has 0 aliphatic carbocycles. The molecule has 2 rings (SSSR count). The topological polar surface area (TPSA) is 78.4 Å². The summed E-state index contributed by atoms with van der Waals surface area (Å²) in [7, 11) is 0. The quantitative estimate of drug-likeness (QED) is 0.678. The SMILES string of the molecule is Cc1ccc(C)c(CC(=O)Nc2ccc(C(=O)NCCCO)cc2)c1. The number of aliphatic hydroxyl groups is 1. The molecule has 132 valence electrons. The van der Waals surface area contributed by atoms with Crippen LogP contribution in [0.15, 0.2) is 42.5 Å². The molecule has 0 aliphatic rings. The number of aliphatic hydroxyl groups excluding tert-OH is 1. The number of amides is 2. The van der Waals surface area contributed by atoms with Gasteiger partial charge in [0.1, 0.15) is 0 Å². The highest BCUT2D eigenvalue weighted by Gasteiger charge is 2.08. The van der Waals surface area contributed by atoms with Crippen LogP contribution in [0.4, 0.5) is 5.69 Å². The lowest BCUT2D eigenvalue weighted by molar-refractivity contribution is -0.115. The van der Waals surface area contributed by atoms with Gasteiger partial charge >= 0.3 is 0 Å². The zero-order valence-corrected chi connectivity index (χ0v) is 14.6. The number of hydrogen-bond donors (Lipinski definition) is 3. The predicted octanol–water partition coefficient (Wildman–Crippen LogP) is 2.60. The maximum Gasteiger partial charge on any atom is 0.251 e. The van der Waals surface area contributed by atoms with Crippen molar-refractivity contribution < 1.29 is 14.7 Å². The van der Waals surface area contributed by atoms with E-state index in [0.29, 0.717) is 30.6 Å². The second-order valence-electron chi connectivity index (χ2n) is 6.07. The van der Waals surface area contributed by atoms with E-state index in [0.717, 1.165) is 16.7 Å². The third-order valence-corrected chi connectivity index (χ3v) is 3.91. The molecular weight excluding hydrogens is 316 g/mol. The average molecular weight is 340 g/mol. The fourth-order valence-corrected chi connectivity index (χ4v) is 2.46. The number of aryl methyl sites for hydroxylation is 2. The molecule has 2 aromatic rings. The van der Waals surface area contributed by atoms with Crippen molar-refractivity contribution in [2.75, 3.05) is 18.5 Å². The van der Waals surface area contributed by atoms with Crippen LogP contribution in [-0.4, -0.2) is 30.1 Å². The molecule has 5 nitrogen and oxygen atoms in total. The van der Waals surface area contributed by atoms with Crippen LogP contribution < -0.4 is 10.6 Å². The summed E-state index contributed by atoms with van der Waals surface area (Å²) < 4.78 is 0. The number of rotatable bonds is 7. The molecule has 0 aromatic heterocycles. The molecule has 0 atom stereocenters. The second-order valence-corrected chi connectivity index (χ2v) is 6.07. The lowest BCUT2D eigenvalue weighted by atomic mass is 10.0. The van der Waals surface area contributed by atoms with Crippen molar-refractivity contribution in [3.05, 3.63) is 64.7 Å². The Kier molecular flexibility index (Phi) is 6.71. The molecule has 0 aliphatic heterocycles. The Morgan fingerprint density at radius 2 is 1.76 bits per heavy atom. The first-order chi connectivity index (χ1) is 12.0. The van der Waals surface area contributed by atoms with E-state index in [2.05, 4.69) is 10.6 Å². The van der Waals surface area contributed by atoms with Gasteiger partial charge in [-0.05, 0) is 55.7 Å². The van der Waals surface area contributed by atoms with Crippen molar-refractivity contribution in [3.63, 3.8) is 0 Å². The standard InChI is InChI=1S/C20H24N2O3/c1-14-4-5-15(2)17(12-14)13-19(24)22-18-8-6-16(7-9-18)20(25)21-10-3-11-23/h4-9,12,23H,3,10-11,13H2,1-2H3,(H,21,25)(H,22,24). The number of nitrogens with one attached hydrogen (secondary N) is 2. The fraction of sp³-hybridized carbons (Fsp3) is 0.300. The normalized spacial score (nSPS) is 10.4. The molecule has 0 fully saturated rings. The minimum atomic E-state index is -0.193. The molecule has 0 saturated carbocycles. The average Bonchev–Trinajstić information content (AvgIpc) is 2.59. The number of carbonyl (C=O) groups excluding carboxylic acids is 2. The first kappa shape index (κ1) is 18.7. The van der Waals surface area contributed by atoms with Gasteiger partial charge in [0.15, 0.2) is 0 Å². The van der Waals surface area contributed by atoms with Gasteiger partial charge in [-0.1, -0.05) is 23.8 Å². The van der Waals surface area contributed by atoms with Gasteiger partial charge in [0.05, 0.1) is 6.42 Å². The van der Waals surface area contributed by atoms with E-state index in [1.807, 2.05) is 32.0 Å². The molecule has 0 saturated heterocycles. The minimum Gasteiger partial charge on any atom is -0.396 e. The largest absolute Gasteiger partial charge is 0.396 e.